The van der Waals surface area contributed by atoms with Gasteiger partial charge in [-0.2, -0.15) is 5.26 Å². The van der Waals surface area contributed by atoms with Gasteiger partial charge in [-0.05, 0) is 51.2 Å². The number of nitriles is 1. The Morgan fingerprint density at radius 3 is 3.09 bits per heavy atom. The molecule has 114 valence electrons. The molecule has 3 rings (SSSR count). The summed E-state index contributed by atoms with van der Waals surface area (Å²) in [6.07, 6.45) is 10.4. The number of fused-ring (bicyclic) bond motifs is 1. The van der Waals surface area contributed by atoms with E-state index in [1.807, 2.05) is 35.7 Å². The van der Waals surface area contributed by atoms with Gasteiger partial charge in [0, 0.05) is 12.7 Å². The first-order chi connectivity index (χ1) is 10.8. The van der Waals surface area contributed by atoms with Crippen molar-refractivity contribution in [2.24, 2.45) is 0 Å². The van der Waals surface area contributed by atoms with Crippen LogP contribution in [0.2, 0.25) is 0 Å². The molecule has 0 fully saturated rings. The van der Waals surface area contributed by atoms with Crippen LogP contribution in [0.25, 0.3) is 5.65 Å². The van der Waals surface area contributed by atoms with Gasteiger partial charge in [0.25, 0.3) is 0 Å². The summed E-state index contributed by atoms with van der Waals surface area (Å²) in [7, 11) is 0. The normalized spacial score (nSPS) is 16.3. The number of aryl methyl sites for hydroxylation is 1. The zero-order valence-electron chi connectivity index (χ0n) is 13.0. The van der Waals surface area contributed by atoms with E-state index in [0.717, 1.165) is 30.0 Å². The summed E-state index contributed by atoms with van der Waals surface area (Å²) in [5.41, 5.74) is 4.30. The SMILES string of the molecule is Cc1nc2ccccn2c1C(C#N)NCCC1=CCCCC1. The monoisotopic (exact) mass is 294 g/mol. The Balaban J connectivity index is 1.72. The van der Waals surface area contributed by atoms with Gasteiger partial charge < -0.3 is 4.40 Å². The minimum Gasteiger partial charge on any atom is -0.301 e. The second-order valence-corrected chi connectivity index (χ2v) is 5.89. The summed E-state index contributed by atoms with van der Waals surface area (Å²) in [5, 5.41) is 12.9. The first-order valence-corrected chi connectivity index (χ1v) is 8.04. The molecule has 2 aromatic rings. The molecule has 0 radical (unpaired) electrons. The molecule has 2 aromatic heterocycles. The van der Waals surface area contributed by atoms with E-state index in [1.165, 1.54) is 31.3 Å². The lowest BCUT2D eigenvalue weighted by molar-refractivity contribution is 0.589. The maximum Gasteiger partial charge on any atom is 0.138 e. The number of aromatic nitrogens is 2. The third-order valence-corrected chi connectivity index (χ3v) is 4.33. The summed E-state index contributed by atoms with van der Waals surface area (Å²) < 4.78 is 2.01. The largest absolute Gasteiger partial charge is 0.301 e. The molecule has 0 saturated heterocycles. The molecule has 1 unspecified atom stereocenters. The van der Waals surface area contributed by atoms with Gasteiger partial charge in [-0.15, -0.1) is 0 Å². The number of allylic oxidation sites excluding steroid dienone is 1. The molecular weight excluding hydrogens is 272 g/mol. The highest BCUT2D eigenvalue weighted by molar-refractivity contribution is 5.44. The van der Waals surface area contributed by atoms with Gasteiger partial charge in [-0.25, -0.2) is 4.98 Å². The number of hydrogen-bond donors (Lipinski definition) is 1. The van der Waals surface area contributed by atoms with Crippen molar-refractivity contribution < 1.29 is 0 Å². The molecule has 0 amide bonds. The number of nitrogens with zero attached hydrogens (tertiary/aromatic N) is 3. The van der Waals surface area contributed by atoms with E-state index in [4.69, 9.17) is 0 Å². The Morgan fingerprint density at radius 1 is 1.41 bits per heavy atom. The maximum absolute atomic E-state index is 9.55. The van der Waals surface area contributed by atoms with E-state index in [1.54, 1.807) is 0 Å². The van der Waals surface area contributed by atoms with E-state index in [2.05, 4.69) is 22.4 Å². The lowest BCUT2D eigenvalue weighted by atomic mass is 9.97. The fraction of sp³-hybridized carbons (Fsp3) is 0.444. The van der Waals surface area contributed by atoms with Gasteiger partial charge in [0.15, 0.2) is 0 Å². The number of hydrogen-bond acceptors (Lipinski definition) is 3. The summed E-state index contributed by atoms with van der Waals surface area (Å²) in [5.74, 6) is 0. The van der Waals surface area contributed by atoms with E-state index in [-0.39, 0.29) is 6.04 Å². The van der Waals surface area contributed by atoms with Crippen LogP contribution in [0.3, 0.4) is 0 Å². The van der Waals surface area contributed by atoms with Gasteiger partial charge in [-0.1, -0.05) is 17.7 Å². The van der Waals surface area contributed by atoms with Crippen molar-refractivity contribution in [2.45, 2.75) is 45.1 Å². The highest BCUT2D eigenvalue weighted by Crippen LogP contribution is 2.22. The Labute approximate surface area is 131 Å². The summed E-state index contributed by atoms with van der Waals surface area (Å²) >= 11 is 0. The van der Waals surface area contributed by atoms with Crippen molar-refractivity contribution in [3.63, 3.8) is 0 Å². The van der Waals surface area contributed by atoms with E-state index in [0.29, 0.717) is 0 Å². The molecule has 1 N–H and O–H groups in total. The Hall–Kier alpha value is -2.12. The molecule has 1 aliphatic rings. The van der Waals surface area contributed by atoms with Crippen LogP contribution in [0.1, 0.15) is 49.5 Å². The lowest BCUT2D eigenvalue weighted by Crippen LogP contribution is -2.23. The van der Waals surface area contributed by atoms with Crippen LogP contribution in [0, 0.1) is 18.3 Å². The zero-order chi connectivity index (χ0) is 15.4. The van der Waals surface area contributed by atoms with Crippen molar-refractivity contribution in [3.8, 4) is 6.07 Å². The molecule has 0 spiro atoms. The predicted octanol–water partition coefficient (Wildman–Crippen LogP) is 3.69. The van der Waals surface area contributed by atoms with Crippen LogP contribution in [-0.2, 0) is 0 Å². The van der Waals surface area contributed by atoms with Gasteiger partial charge in [0.2, 0.25) is 0 Å². The van der Waals surface area contributed by atoms with Crippen LogP contribution in [0.5, 0.6) is 0 Å². The van der Waals surface area contributed by atoms with Crippen LogP contribution in [0.4, 0.5) is 0 Å². The van der Waals surface area contributed by atoms with Crippen molar-refractivity contribution in [1.29, 1.82) is 5.26 Å². The van der Waals surface area contributed by atoms with E-state index < -0.39 is 0 Å². The number of pyridine rings is 1. The summed E-state index contributed by atoms with van der Waals surface area (Å²) in [4.78, 5) is 4.54. The minimum absolute atomic E-state index is 0.318. The molecule has 22 heavy (non-hydrogen) atoms. The van der Waals surface area contributed by atoms with Gasteiger partial charge in [0.05, 0.1) is 17.5 Å². The minimum atomic E-state index is -0.318. The standard InChI is InChI=1S/C18H22N4/c1-14-18(22-12-6-5-9-17(22)21-14)16(13-19)20-11-10-15-7-3-2-4-8-15/h5-7,9,12,16,20H,2-4,8,10-11H2,1H3. The smallest absolute Gasteiger partial charge is 0.138 e. The molecule has 0 bridgehead atoms. The maximum atomic E-state index is 9.55. The Morgan fingerprint density at radius 2 is 2.32 bits per heavy atom. The van der Waals surface area contributed by atoms with Crippen LogP contribution < -0.4 is 5.32 Å². The fourth-order valence-corrected chi connectivity index (χ4v) is 3.19. The summed E-state index contributed by atoms with van der Waals surface area (Å²) in [6.45, 7) is 2.81. The Kier molecular flexibility index (Phi) is 4.55. The van der Waals surface area contributed by atoms with Gasteiger partial charge in [-0.3, -0.25) is 5.32 Å². The average Bonchev–Trinajstić information content (AvgIpc) is 2.89. The van der Waals surface area contributed by atoms with Crippen molar-refractivity contribution in [2.75, 3.05) is 6.54 Å². The quantitative estimate of drug-likeness (QED) is 0.856. The Bertz CT molecular complexity index is 720. The van der Waals surface area contributed by atoms with E-state index in [9.17, 15) is 5.26 Å². The topological polar surface area (TPSA) is 53.1 Å². The third kappa shape index (κ3) is 3.05. The van der Waals surface area contributed by atoms with E-state index >= 15 is 0 Å². The number of rotatable bonds is 5. The predicted molar refractivity (Wildman–Crippen MR) is 87.5 cm³/mol. The van der Waals surface area contributed by atoms with Crippen molar-refractivity contribution >= 4 is 5.65 Å². The highest BCUT2D eigenvalue weighted by atomic mass is 15.1. The number of imidazole rings is 1. The molecule has 0 saturated carbocycles. The molecular formula is C18H22N4. The van der Waals surface area contributed by atoms with Crippen molar-refractivity contribution in [3.05, 3.63) is 47.4 Å². The zero-order valence-corrected chi connectivity index (χ0v) is 13.0. The molecule has 1 aliphatic carbocycles. The number of nitrogens with one attached hydrogen (secondary N) is 1. The molecule has 4 heteroatoms. The second kappa shape index (κ2) is 6.76. The lowest BCUT2D eigenvalue weighted by Gasteiger charge is -2.15. The first-order valence-electron chi connectivity index (χ1n) is 8.04. The molecule has 0 aliphatic heterocycles. The molecule has 1 atom stereocenters. The molecule has 4 nitrogen and oxygen atoms in total. The van der Waals surface area contributed by atoms with Gasteiger partial charge >= 0.3 is 0 Å². The van der Waals surface area contributed by atoms with Gasteiger partial charge in [0.1, 0.15) is 11.7 Å². The average molecular weight is 294 g/mol. The first kappa shape index (κ1) is 14.8. The highest BCUT2D eigenvalue weighted by Gasteiger charge is 2.18. The van der Waals surface area contributed by atoms with Crippen molar-refractivity contribution in [1.82, 2.24) is 14.7 Å². The summed E-state index contributed by atoms with van der Waals surface area (Å²) in [6, 6.07) is 7.98. The fourth-order valence-electron chi connectivity index (χ4n) is 3.19. The van der Waals surface area contributed by atoms with Crippen LogP contribution >= 0.6 is 0 Å². The molecule has 2 heterocycles. The third-order valence-electron chi connectivity index (χ3n) is 4.33. The molecule has 0 aromatic carbocycles. The second-order valence-electron chi connectivity index (χ2n) is 5.89. The van der Waals surface area contributed by atoms with Crippen LogP contribution in [-0.4, -0.2) is 15.9 Å². The van der Waals surface area contributed by atoms with Crippen LogP contribution in [0.15, 0.2) is 36.0 Å².